The van der Waals surface area contributed by atoms with Gasteiger partial charge >= 0.3 is 0 Å². The van der Waals surface area contributed by atoms with E-state index in [9.17, 15) is 9.18 Å². The molecule has 1 amide bonds. The molecule has 1 aliphatic heterocycles. The predicted molar refractivity (Wildman–Crippen MR) is 106 cm³/mol. The van der Waals surface area contributed by atoms with E-state index in [1.165, 1.54) is 6.07 Å². The van der Waals surface area contributed by atoms with Gasteiger partial charge in [-0.25, -0.2) is 9.37 Å². The van der Waals surface area contributed by atoms with Crippen molar-refractivity contribution in [1.82, 2.24) is 19.4 Å². The first-order chi connectivity index (χ1) is 13.0. The van der Waals surface area contributed by atoms with Crippen LogP contribution in [0.25, 0.3) is 0 Å². The molecule has 0 unspecified atom stereocenters. The molecule has 2 heterocycles. The van der Waals surface area contributed by atoms with Crippen LogP contribution in [-0.4, -0.2) is 44.9 Å². The van der Waals surface area contributed by atoms with Crippen LogP contribution in [0.4, 0.5) is 4.39 Å². The van der Waals surface area contributed by atoms with Gasteiger partial charge < -0.3 is 9.47 Å². The Labute approximate surface area is 168 Å². The first-order valence-corrected chi connectivity index (χ1v) is 10.2. The molecule has 0 aliphatic carbocycles. The summed E-state index contributed by atoms with van der Waals surface area (Å²) in [6.45, 7) is 5.42. The van der Waals surface area contributed by atoms with Gasteiger partial charge in [0.15, 0.2) is 0 Å². The molecule has 1 aromatic heterocycles. The lowest BCUT2D eigenvalue weighted by Crippen LogP contribution is -2.42. The van der Waals surface area contributed by atoms with Crippen LogP contribution in [0, 0.1) is 11.7 Å². The summed E-state index contributed by atoms with van der Waals surface area (Å²) in [6.07, 6.45) is 5.43. The smallest absolute Gasteiger partial charge is 0.226 e. The van der Waals surface area contributed by atoms with E-state index in [1.54, 1.807) is 17.0 Å². The van der Waals surface area contributed by atoms with Crippen LogP contribution >= 0.6 is 15.9 Å². The van der Waals surface area contributed by atoms with E-state index in [4.69, 9.17) is 0 Å². The molecule has 0 bridgehead atoms. The lowest BCUT2D eigenvalue weighted by molar-refractivity contribution is -0.137. The maximum absolute atomic E-state index is 14.1. The van der Waals surface area contributed by atoms with Gasteiger partial charge in [0.05, 0.1) is 6.54 Å². The number of nitrogens with zero attached hydrogens (tertiary/aromatic N) is 4. The van der Waals surface area contributed by atoms with Gasteiger partial charge in [0.2, 0.25) is 5.91 Å². The first-order valence-electron chi connectivity index (χ1n) is 9.39. The fourth-order valence-corrected chi connectivity index (χ4v) is 3.97. The minimum absolute atomic E-state index is 0.0118. The summed E-state index contributed by atoms with van der Waals surface area (Å²) < 4.78 is 16.9. The van der Waals surface area contributed by atoms with Crippen LogP contribution < -0.4 is 0 Å². The summed E-state index contributed by atoms with van der Waals surface area (Å²) in [4.78, 5) is 21.5. The number of amides is 1. The quantitative estimate of drug-likeness (QED) is 0.694. The van der Waals surface area contributed by atoms with E-state index in [0.717, 1.165) is 42.8 Å². The third-order valence-corrected chi connectivity index (χ3v) is 5.78. The minimum atomic E-state index is -0.269. The van der Waals surface area contributed by atoms with Crippen molar-refractivity contribution in [2.24, 2.45) is 13.0 Å². The third kappa shape index (κ3) is 4.96. The zero-order valence-corrected chi connectivity index (χ0v) is 17.5. The Morgan fingerprint density at radius 3 is 2.74 bits per heavy atom. The standard InChI is InChI=1S/C20H26BrFN4O/c1-3-26(13-16-12-17(21)4-5-18(16)22)20(27)15-6-9-25(10-7-15)14-19-23-8-11-24(19)2/h4-5,8,11-12,15H,3,6-7,9-10,13-14H2,1-2H3. The largest absolute Gasteiger partial charge is 0.338 e. The number of hydrogen-bond donors (Lipinski definition) is 0. The van der Waals surface area contributed by atoms with Gasteiger partial charge in [0.1, 0.15) is 11.6 Å². The summed E-state index contributed by atoms with van der Waals surface area (Å²) in [7, 11) is 2.00. The molecule has 1 fully saturated rings. The van der Waals surface area contributed by atoms with Crippen LogP contribution in [-0.2, 0) is 24.9 Å². The van der Waals surface area contributed by atoms with E-state index < -0.39 is 0 Å². The topological polar surface area (TPSA) is 41.4 Å². The number of likely N-dealkylation sites (tertiary alicyclic amines) is 1. The van der Waals surface area contributed by atoms with Gasteiger partial charge in [0.25, 0.3) is 0 Å². The maximum Gasteiger partial charge on any atom is 0.226 e. The monoisotopic (exact) mass is 436 g/mol. The molecule has 0 saturated carbocycles. The molecule has 7 heteroatoms. The molecular weight excluding hydrogens is 411 g/mol. The average Bonchev–Trinajstić information content (AvgIpc) is 3.07. The van der Waals surface area contributed by atoms with Gasteiger partial charge in [-0.05, 0) is 51.1 Å². The zero-order valence-electron chi connectivity index (χ0n) is 15.9. The third-order valence-electron chi connectivity index (χ3n) is 5.29. The number of carbonyl (C=O) groups is 1. The van der Waals surface area contributed by atoms with Crippen molar-refractivity contribution in [3.63, 3.8) is 0 Å². The second kappa shape index (κ2) is 8.97. The van der Waals surface area contributed by atoms with Gasteiger partial charge in [-0.2, -0.15) is 0 Å². The summed E-state index contributed by atoms with van der Waals surface area (Å²) >= 11 is 3.38. The van der Waals surface area contributed by atoms with Crippen LogP contribution in [0.15, 0.2) is 35.1 Å². The van der Waals surface area contributed by atoms with E-state index >= 15 is 0 Å². The number of carbonyl (C=O) groups excluding carboxylic acids is 1. The second-order valence-electron chi connectivity index (χ2n) is 7.09. The predicted octanol–water partition coefficient (Wildman–Crippen LogP) is 3.58. The summed E-state index contributed by atoms with van der Waals surface area (Å²) in [5, 5.41) is 0. The van der Waals surface area contributed by atoms with Crippen LogP contribution in [0.1, 0.15) is 31.2 Å². The normalized spacial score (nSPS) is 15.9. The summed E-state index contributed by atoms with van der Waals surface area (Å²) in [5.41, 5.74) is 0.548. The summed E-state index contributed by atoms with van der Waals surface area (Å²) in [6, 6.07) is 4.86. The molecule has 0 N–H and O–H groups in total. The van der Waals surface area contributed by atoms with Gasteiger partial charge in [0, 0.05) is 48.5 Å². The molecule has 1 saturated heterocycles. The van der Waals surface area contributed by atoms with Gasteiger partial charge in [-0.3, -0.25) is 9.69 Å². The van der Waals surface area contributed by atoms with E-state index in [-0.39, 0.29) is 17.6 Å². The Morgan fingerprint density at radius 1 is 1.37 bits per heavy atom. The van der Waals surface area contributed by atoms with Crippen molar-refractivity contribution in [3.05, 3.63) is 52.3 Å². The molecule has 1 aromatic carbocycles. The molecule has 146 valence electrons. The Balaban J connectivity index is 1.57. The van der Waals surface area contributed by atoms with Crippen molar-refractivity contribution >= 4 is 21.8 Å². The number of halogens is 2. The Morgan fingerprint density at radius 2 is 2.11 bits per heavy atom. The Hall–Kier alpha value is -1.73. The molecule has 0 spiro atoms. The van der Waals surface area contributed by atoms with Crippen molar-refractivity contribution < 1.29 is 9.18 Å². The van der Waals surface area contributed by atoms with Crippen molar-refractivity contribution in [2.75, 3.05) is 19.6 Å². The lowest BCUT2D eigenvalue weighted by atomic mass is 9.95. The van der Waals surface area contributed by atoms with E-state index in [2.05, 4.69) is 25.8 Å². The molecule has 3 rings (SSSR count). The van der Waals surface area contributed by atoms with E-state index in [1.807, 2.05) is 30.9 Å². The van der Waals surface area contributed by atoms with Crippen molar-refractivity contribution in [2.45, 2.75) is 32.9 Å². The highest BCUT2D eigenvalue weighted by Crippen LogP contribution is 2.23. The highest BCUT2D eigenvalue weighted by molar-refractivity contribution is 9.10. The first kappa shape index (κ1) is 20.0. The highest BCUT2D eigenvalue weighted by Gasteiger charge is 2.28. The highest BCUT2D eigenvalue weighted by atomic mass is 79.9. The number of benzene rings is 1. The molecule has 2 aromatic rings. The molecular formula is C20H26BrFN4O. The fraction of sp³-hybridized carbons (Fsp3) is 0.500. The maximum atomic E-state index is 14.1. The fourth-order valence-electron chi connectivity index (χ4n) is 3.56. The lowest BCUT2D eigenvalue weighted by Gasteiger charge is -2.34. The molecule has 0 radical (unpaired) electrons. The van der Waals surface area contributed by atoms with E-state index in [0.29, 0.717) is 18.7 Å². The van der Waals surface area contributed by atoms with Crippen LogP contribution in [0.3, 0.4) is 0 Å². The Bertz CT molecular complexity index is 786. The number of imidazole rings is 1. The Kier molecular flexibility index (Phi) is 6.65. The number of aromatic nitrogens is 2. The molecule has 1 aliphatic rings. The zero-order chi connectivity index (χ0) is 19.4. The average molecular weight is 437 g/mol. The number of rotatable bonds is 6. The second-order valence-corrected chi connectivity index (χ2v) is 8.01. The van der Waals surface area contributed by atoms with Crippen LogP contribution in [0.5, 0.6) is 0 Å². The summed E-state index contributed by atoms with van der Waals surface area (Å²) in [5.74, 6) is 0.917. The van der Waals surface area contributed by atoms with Gasteiger partial charge in [-0.15, -0.1) is 0 Å². The van der Waals surface area contributed by atoms with Crippen LogP contribution in [0.2, 0.25) is 0 Å². The minimum Gasteiger partial charge on any atom is -0.338 e. The number of piperidine rings is 1. The number of aryl methyl sites for hydroxylation is 1. The van der Waals surface area contributed by atoms with Crippen molar-refractivity contribution in [3.8, 4) is 0 Å². The van der Waals surface area contributed by atoms with Crippen molar-refractivity contribution in [1.29, 1.82) is 0 Å². The molecule has 0 atom stereocenters. The number of hydrogen-bond acceptors (Lipinski definition) is 3. The molecule has 5 nitrogen and oxygen atoms in total. The SMILES string of the molecule is CCN(Cc1cc(Br)ccc1F)C(=O)C1CCN(Cc2nccn2C)CC1. The molecule has 27 heavy (non-hydrogen) atoms. The van der Waals surface area contributed by atoms with Gasteiger partial charge in [-0.1, -0.05) is 15.9 Å².